The van der Waals surface area contributed by atoms with Gasteiger partial charge in [-0.15, -0.1) is 0 Å². The van der Waals surface area contributed by atoms with Crippen molar-refractivity contribution in [1.82, 2.24) is 15.0 Å². The van der Waals surface area contributed by atoms with Crippen LogP contribution in [0.3, 0.4) is 0 Å². The molecule has 0 saturated heterocycles. The molecule has 0 fully saturated rings. The predicted molar refractivity (Wildman–Crippen MR) is 51.2 cm³/mol. The fourth-order valence-corrected chi connectivity index (χ4v) is 1.21. The Balaban J connectivity index is 2.36. The quantitative estimate of drug-likeness (QED) is 0.755. The van der Waals surface area contributed by atoms with Crippen LogP contribution in [0, 0.1) is 0 Å². The molecule has 0 atom stereocenters. The van der Waals surface area contributed by atoms with Gasteiger partial charge in [-0.2, -0.15) is 0 Å². The van der Waals surface area contributed by atoms with Gasteiger partial charge in [-0.3, -0.25) is 4.98 Å². The van der Waals surface area contributed by atoms with E-state index in [1.807, 2.05) is 24.5 Å². The summed E-state index contributed by atoms with van der Waals surface area (Å²) in [7, 11) is 0. The molecular formula is C10H11N3. The highest BCUT2D eigenvalue weighted by Crippen LogP contribution is 2.14. The molecule has 0 radical (unpaired) electrons. The molecule has 2 aromatic heterocycles. The zero-order valence-electron chi connectivity index (χ0n) is 7.49. The number of aryl methyl sites for hydroxylation is 1. The van der Waals surface area contributed by atoms with Crippen LogP contribution in [0.15, 0.2) is 30.7 Å². The van der Waals surface area contributed by atoms with Crippen molar-refractivity contribution in [3.05, 3.63) is 36.5 Å². The Kier molecular flexibility index (Phi) is 2.08. The molecule has 2 rings (SSSR count). The van der Waals surface area contributed by atoms with Crippen molar-refractivity contribution >= 4 is 0 Å². The third kappa shape index (κ3) is 1.59. The Hall–Kier alpha value is -1.64. The summed E-state index contributed by atoms with van der Waals surface area (Å²) in [4.78, 5) is 11.5. The van der Waals surface area contributed by atoms with Gasteiger partial charge >= 0.3 is 0 Å². The monoisotopic (exact) mass is 173 g/mol. The van der Waals surface area contributed by atoms with Crippen molar-refractivity contribution in [2.75, 3.05) is 0 Å². The van der Waals surface area contributed by atoms with E-state index < -0.39 is 0 Å². The number of nitrogens with zero attached hydrogens (tertiary/aromatic N) is 2. The van der Waals surface area contributed by atoms with Gasteiger partial charge in [0.1, 0.15) is 5.82 Å². The van der Waals surface area contributed by atoms with Crippen molar-refractivity contribution in [2.45, 2.75) is 13.3 Å². The Morgan fingerprint density at radius 3 is 2.92 bits per heavy atom. The van der Waals surface area contributed by atoms with Gasteiger partial charge in [0.15, 0.2) is 0 Å². The summed E-state index contributed by atoms with van der Waals surface area (Å²) in [6.45, 7) is 2.08. The van der Waals surface area contributed by atoms with E-state index in [-0.39, 0.29) is 0 Å². The maximum Gasteiger partial charge on any atom is 0.106 e. The molecule has 0 aliphatic rings. The lowest BCUT2D eigenvalue weighted by atomic mass is 10.2. The second kappa shape index (κ2) is 3.39. The van der Waals surface area contributed by atoms with Crippen LogP contribution in [-0.4, -0.2) is 15.0 Å². The summed E-state index contributed by atoms with van der Waals surface area (Å²) in [5, 5.41) is 0. The molecule has 0 saturated carbocycles. The van der Waals surface area contributed by atoms with Gasteiger partial charge in [-0.25, -0.2) is 4.98 Å². The smallest absolute Gasteiger partial charge is 0.106 e. The standard InChI is InChI=1S/C10H11N3/c1-2-10-12-7-9(13-10)8-4-3-5-11-6-8/h3-7H,2H2,1H3,(H,12,13). The first-order valence-corrected chi connectivity index (χ1v) is 4.34. The van der Waals surface area contributed by atoms with Crippen LogP contribution >= 0.6 is 0 Å². The zero-order valence-corrected chi connectivity index (χ0v) is 7.49. The minimum atomic E-state index is 0.931. The number of pyridine rings is 1. The fourth-order valence-electron chi connectivity index (χ4n) is 1.21. The SMILES string of the molecule is CCc1ncc(-c2cccnc2)[nH]1. The maximum atomic E-state index is 4.23. The van der Waals surface area contributed by atoms with E-state index in [1.54, 1.807) is 6.20 Å². The van der Waals surface area contributed by atoms with E-state index in [4.69, 9.17) is 0 Å². The zero-order chi connectivity index (χ0) is 9.10. The van der Waals surface area contributed by atoms with Crippen LogP contribution in [0.1, 0.15) is 12.7 Å². The van der Waals surface area contributed by atoms with Gasteiger partial charge in [-0.05, 0) is 12.1 Å². The van der Waals surface area contributed by atoms with Gasteiger partial charge < -0.3 is 4.98 Å². The molecule has 3 heteroatoms. The number of hydrogen-bond acceptors (Lipinski definition) is 2. The second-order valence-electron chi connectivity index (χ2n) is 2.84. The van der Waals surface area contributed by atoms with E-state index in [1.165, 1.54) is 0 Å². The Bertz CT molecular complexity index is 378. The molecular weight excluding hydrogens is 162 g/mol. The van der Waals surface area contributed by atoms with Gasteiger partial charge in [0.2, 0.25) is 0 Å². The largest absolute Gasteiger partial charge is 0.342 e. The van der Waals surface area contributed by atoms with Crippen LogP contribution in [0.2, 0.25) is 0 Å². The van der Waals surface area contributed by atoms with Crippen LogP contribution in [0.4, 0.5) is 0 Å². The van der Waals surface area contributed by atoms with Crippen molar-refractivity contribution in [2.24, 2.45) is 0 Å². The molecule has 2 heterocycles. The highest BCUT2D eigenvalue weighted by molar-refractivity contribution is 5.56. The van der Waals surface area contributed by atoms with Gasteiger partial charge in [-0.1, -0.05) is 6.92 Å². The van der Waals surface area contributed by atoms with Crippen molar-refractivity contribution < 1.29 is 0 Å². The highest BCUT2D eigenvalue weighted by Gasteiger charge is 2.00. The first kappa shape index (κ1) is 7.98. The summed E-state index contributed by atoms with van der Waals surface area (Å²) in [5.74, 6) is 1.01. The van der Waals surface area contributed by atoms with Gasteiger partial charge in [0.25, 0.3) is 0 Å². The Morgan fingerprint density at radius 1 is 1.38 bits per heavy atom. The van der Waals surface area contributed by atoms with E-state index in [0.717, 1.165) is 23.5 Å². The third-order valence-corrected chi connectivity index (χ3v) is 1.94. The van der Waals surface area contributed by atoms with Crippen LogP contribution in [0.5, 0.6) is 0 Å². The summed E-state index contributed by atoms with van der Waals surface area (Å²) in [5.41, 5.74) is 2.11. The minimum absolute atomic E-state index is 0.931. The van der Waals surface area contributed by atoms with E-state index in [2.05, 4.69) is 21.9 Å². The van der Waals surface area contributed by atoms with E-state index in [0.29, 0.717) is 0 Å². The molecule has 0 unspecified atom stereocenters. The molecule has 1 N–H and O–H groups in total. The number of aromatic nitrogens is 3. The van der Waals surface area contributed by atoms with Gasteiger partial charge in [0, 0.05) is 24.4 Å². The number of hydrogen-bond donors (Lipinski definition) is 1. The summed E-state index contributed by atoms with van der Waals surface area (Å²) in [6, 6.07) is 3.93. The molecule has 13 heavy (non-hydrogen) atoms. The number of rotatable bonds is 2. The highest BCUT2D eigenvalue weighted by atomic mass is 14.9. The molecule has 66 valence electrons. The van der Waals surface area contributed by atoms with Crippen LogP contribution in [0.25, 0.3) is 11.3 Å². The fraction of sp³-hybridized carbons (Fsp3) is 0.200. The molecule has 2 aromatic rings. The van der Waals surface area contributed by atoms with Crippen molar-refractivity contribution in [3.63, 3.8) is 0 Å². The third-order valence-electron chi connectivity index (χ3n) is 1.94. The first-order chi connectivity index (χ1) is 6.40. The van der Waals surface area contributed by atoms with Crippen LogP contribution in [-0.2, 0) is 6.42 Å². The van der Waals surface area contributed by atoms with Crippen molar-refractivity contribution in [3.8, 4) is 11.3 Å². The number of H-pyrrole nitrogens is 1. The second-order valence-corrected chi connectivity index (χ2v) is 2.84. The van der Waals surface area contributed by atoms with E-state index >= 15 is 0 Å². The summed E-state index contributed by atoms with van der Waals surface area (Å²) in [6.07, 6.45) is 6.36. The summed E-state index contributed by atoms with van der Waals surface area (Å²) < 4.78 is 0. The lowest BCUT2D eigenvalue weighted by Crippen LogP contribution is -1.82. The maximum absolute atomic E-state index is 4.23. The molecule has 0 spiro atoms. The number of imidazole rings is 1. The topological polar surface area (TPSA) is 41.6 Å². The average molecular weight is 173 g/mol. The Morgan fingerprint density at radius 2 is 2.31 bits per heavy atom. The van der Waals surface area contributed by atoms with E-state index in [9.17, 15) is 0 Å². The molecule has 0 aliphatic carbocycles. The lowest BCUT2D eigenvalue weighted by Gasteiger charge is -1.94. The molecule has 0 bridgehead atoms. The lowest BCUT2D eigenvalue weighted by molar-refractivity contribution is 0.990. The predicted octanol–water partition coefficient (Wildman–Crippen LogP) is 2.03. The molecule has 0 amide bonds. The number of aromatic amines is 1. The average Bonchev–Trinajstić information content (AvgIpc) is 2.67. The van der Waals surface area contributed by atoms with Gasteiger partial charge in [0.05, 0.1) is 11.9 Å². The first-order valence-electron chi connectivity index (χ1n) is 4.34. The minimum Gasteiger partial charge on any atom is -0.342 e. The Labute approximate surface area is 76.9 Å². The molecule has 0 aromatic carbocycles. The van der Waals surface area contributed by atoms with Crippen molar-refractivity contribution in [1.29, 1.82) is 0 Å². The number of nitrogens with one attached hydrogen (secondary N) is 1. The molecule has 3 nitrogen and oxygen atoms in total. The molecule has 0 aliphatic heterocycles. The van der Waals surface area contributed by atoms with Crippen LogP contribution < -0.4 is 0 Å². The normalized spacial score (nSPS) is 10.2. The summed E-state index contributed by atoms with van der Waals surface area (Å²) >= 11 is 0.